The Morgan fingerprint density at radius 3 is 2.25 bits per heavy atom. The van der Waals surface area contributed by atoms with Crippen LogP contribution in [0.4, 0.5) is 5.69 Å². The van der Waals surface area contributed by atoms with Crippen molar-refractivity contribution in [1.29, 1.82) is 5.26 Å². The van der Waals surface area contributed by atoms with E-state index in [1.807, 2.05) is 69.3 Å². The second kappa shape index (κ2) is 10.5. The number of pyridine rings is 1. The van der Waals surface area contributed by atoms with E-state index in [1.54, 1.807) is 12.1 Å². The average Bonchev–Trinajstić information content (AvgIpc) is 2.89. The van der Waals surface area contributed by atoms with Crippen molar-refractivity contribution in [3.05, 3.63) is 111 Å². The minimum Gasteiger partial charge on any atom is -0.293 e. The fourth-order valence-corrected chi connectivity index (χ4v) is 4.84. The maximum atomic E-state index is 13.1. The highest BCUT2D eigenvalue weighted by Gasteiger charge is 2.19. The number of nitrogens with zero attached hydrogens (tertiary/aromatic N) is 3. The number of aryl methyl sites for hydroxylation is 3. The number of rotatable bonds is 7. The van der Waals surface area contributed by atoms with Crippen molar-refractivity contribution >= 4 is 23.2 Å². The summed E-state index contributed by atoms with van der Waals surface area (Å²) in [6.07, 6.45) is 0. The van der Waals surface area contributed by atoms with Gasteiger partial charge in [0, 0.05) is 28.8 Å². The molecular weight excluding hydrogens is 470 g/mol. The number of carbonyl (C=O) groups is 1. The minimum atomic E-state index is -0.460. The van der Waals surface area contributed by atoms with Gasteiger partial charge in [0.05, 0.1) is 21.9 Å². The third-order valence-corrected chi connectivity index (χ3v) is 7.01. The lowest BCUT2D eigenvalue weighted by Gasteiger charge is -2.13. The number of Topliss-reactive ketones (excluding diaryl/α,β-unsaturated/α-hetero) is 1. The van der Waals surface area contributed by atoms with Crippen molar-refractivity contribution in [2.24, 2.45) is 0 Å². The Hall–Kier alpha value is -4.28. The molecule has 6 nitrogen and oxygen atoms in total. The molecular formula is C29H23N3O3S. The van der Waals surface area contributed by atoms with Crippen LogP contribution in [0.5, 0.6) is 0 Å². The zero-order valence-electron chi connectivity index (χ0n) is 20.1. The molecule has 0 radical (unpaired) electrons. The third kappa shape index (κ3) is 5.19. The number of nitro groups is 1. The monoisotopic (exact) mass is 493 g/mol. The Bertz CT molecular complexity index is 1510. The molecule has 36 heavy (non-hydrogen) atoms. The summed E-state index contributed by atoms with van der Waals surface area (Å²) in [5.74, 6) is 0.0940. The Kier molecular flexibility index (Phi) is 7.28. The molecule has 178 valence electrons. The van der Waals surface area contributed by atoms with Gasteiger partial charge in [-0.05, 0) is 67.3 Å². The maximum Gasteiger partial charge on any atom is 0.269 e. The van der Waals surface area contributed by atoms with Gasteiger partial charge in [0.2, 0.25) is 0 Å². The van der Waals surface area contributed by atoms with E-state index in [0.717, 1.165) is 22.3 Å². The molecule has 7 heteroatoms. The molecule has 1 aromatic heterocycles. The molecule has 0 atom stereocenters. The number of carbonyl (C=O) groups excluding carboxylic acids is 1. The standard InChI is InChI=1S/C29H23N3O3S/c1-18-13-20(3)24(14-19(18)2)28(33)17-36-29-26(16-30)25(21-9-11-23(12-10-21)32(34)35)15-27(31-29)22-7-5-4-6-8-22/h4-15H,17H2,1-3H3. The number of hydrogen-bond acceptors (Lipinski definition) is 6. The van der Waals surface area contributed by atoms with Crippen LogP contribution in [0, 0.1) is 42.2 Å². The molecule has 0 saturated carbocycles. The Balaban J connectivity index is 1.77. The number of benzene rings is 3. The van der Waals surface area contributed by atoms with Gasteiger partial charge in [0.1, 0.15) is 11.1 Å². The number of thioether (sulfide) groups is 1. The van der Waals surface area contributed by atoms with Crippen LogP contribution in [0.2, 0.25) is 0 Å². The van der Waals surface area contributed by atoms with Crippen LogP contribution < -0.4 is 0 Å². The molecule has 4 aromatic rings. The van der Waals surface area contributed by atoms with E-state index in [-0.39, 0.29) is 17.2 Å². The number of hydrogen-bond donors (Lipinski definition) is 0. The van der Waals surface area contributed by atoms with Crippen LogP contribution in [-0.4, -0.2) is 21.4 Å². The van der Waals surface area contributed by atoms with Gasteiger partial charge in [0.25, 0.3) is 5.69 Å². The predicted octanol–water partition coefficient (Wildman–Crippen LogP) is 7.10. The molecule has 0 aliphatic rings. The third-order valence-electron chi connectivity index (χ3n) is 6.04. The minimum absolute atomic E-state index is 0.0291. The zero-order chi connectivity index (χ0) is 25.8. The lowest BCUT2D eigenvalue weighted by molar-refractivity contribution is -0.384. The molecule has 0 saturated heterocycles. The van der Waals surface area contributed by atoms with E-state index in [1.165, 1.54) is 23.9 Å². The smallest absolute Gasteiger partial charge is 0.269 e. The second-order valence-electron chi connectivity index (χ2n) is 8.48. The van der Waals surface area contributed by atoms with Crippen LogP contribution in [0.15, 0.2) is 77.8 Å². The van der Waals surface area contributed by atoms with E-state index < -0.39 is 4.92 Å². The summed E-state index contributed by atoms with van der Waals surface area (Å²) < 4.78 is 0. The average molecular weight is 494 g/mol. The number of nitro benzene ring substituents is 1. The van der Waals surface area contributed by atoms with Gasteiger partial charge in [-0.15, -0.1) is 0 Å². The van der Waals surface area contributed by atoms with Gasteiger partial charge < -0.3 is 0 Å². The zero-order valence-corrected chi connectivity index (χ0v) is 20.9. The summed E-state index contributed by atoms with van der Waals surface area (Å²) in [6.45, 7) is 5.92. The first-order valence-electron chi connectivity index (χ1n) is 11.3. The van der Waals surface area contributed by atoms with E-state index in [9.17, 15) is 20.2 Å². The molecule has 0 aliphatic heterocycles. The summed E-state index contributed by atoms with van der Waals surface area (Å²) in [6, 6.07) is 23.6. The second-order valence-corrected chi connectivity index (χ2v) is 9.44. The van der Waals surface area contributed by atoms with E-state index in [0.29, 0.717) is 33.0 Å². The van der Waals surface area contributed by atoms with E-state index in [2.05, 4.69) is 6.07 Å². The highest BCUT2D eigenvalue weighted by atomic mass is 32.2. The Morgan fingerprint density at radius 1 is 0.944 bits per heavy atom. The Labute approximate surface area is 213 Å². The molecule has 3 aromatic carbocycles. The number of non-ortho nitro benzene ring substituents is 1. The van der Waals surface area contributed by atoms with Gasteiger partial charge in [-0.3, -0.25) is 14.9 Å². The molecule has 0 amide bonds. The van der Waals surface area contributed by atoms with Gasteiger partial charge in [-0.25, -0.2) is 4.98 Å². The Morgan fingerprint density at radius 2 is 1.61 bits per heavy atom. The van der Waals surface area contributed by atoms with Crippen molar-refractivity contribution in [1.82, 2.24) is 4.98 Å². The van der Waals surface area contributed by atoms with Crippen molar-refractivity contribution in [3.8, 4) is 28.5 Å². The first-order valence-corrected chi connectivity index (χ1v) is 12.3. The van der Waals surface area contributed by atoms with Gasteiger partial charge in [-0.1, -0.05) is 48.2 Å². The van der Waals surface area contributed by atoms with Crippen molar-refractivity contribution in [3.63, 3.8) is 0 Å². The number of ketones is 1. The summed E-state index contributed by atoms with van der Waals surface area (Å²) in [4.78, 5) is 28.5. The van der Waals surface area contributed by atoms with Crippen molar-refractivity contribution < 1.29 is 9.72 Å². The largest absolute Gasteiger partial charge is 0.293 e. The van der Waals surface area contributed by atoms with Gasteiger partial charge in [-0.2, -0.15) is 5.26 Å². The van der Waals surface area contributed by atoms with Gasteiger partial charge in [0.15, 0.2) is 5.78 Å². The first-order chi connectivity index (χ1) is 17.3. The molecule has 0 bridgehead atoms. The van der Waals surface area contributed by atoms with Crippen molar-refractivity contribution in [2.45, 2.75) is 25.8 Å². The van der Waals surface area contributed by atoms with Crippen LogP contribution in [-0.2, 0) is 0 Å². The summed E-state index contributed by atoms with van der Waals surface area (Å²) in [5.41, 5.74) is 6.86. The van der Waals surface area contributed by atoms with Crippen LogP contribution in [0.25, 0.3) is 22.4 Å². The fourth-order valence-electron chi connectivity index (χ4n) is 3.95. The van der Waals surface area contributed by atoms with Gasteiger partial charge >= 0.3 is 0 Å². The van der Waals surface area contributed by atoms with Crippen LogP contribution >= 0.6 is 11.8 Å². The number of nitriles is 1. The summed E-state index contributed by atoms with van der Waals surface area (Å²) in [7, 11) is 0. The molecule has 0 unspecified atom stereocenters. The van der Waals surface area contributed by atoms with E-state index >= 15 is 0 Å². The van der Waals surface area contributed by atoms with Crippen LogP contribution in [0.3, 0.4) is 0 Å². The van der Waals surface area contributed by atoms with E-state index in [4.69, 9.17) is 4.98 Å². The van der Waals surface area contributed by atoms with Crippen LogP contribution in [0.1, 0.15) is 32.6 Å². The lowest BCUT2D eigenvalue weighted by Crippen LogP contribution is -2.07. The summed E-state index contributed by atoms with van der Waals surface area (Å²) in [5, 5.41) is 21.6. The fraction of sp³-hybridized carbons (Fsp3) is 0.138. The van der Waals surface area contributed by atoms with Crippen molar-refractivity contribution in [2.75, 3.05) is 5.75 Å². The highest BCUT2D eigenvalue weighted by molar-refractivity contribution is 8.00. The molecule has 0 fully saturated rings. The molecule has 0 aliphatic carbocycles. The first kappa shape index (κ1) is 24.8. The number of aromatic nitrogens is 1. The maximum absolute atomic E-state index is 13.1. The highest BCUT2D eigenvalue weighted by Crippen LogP contribution is 2.35. The lowest BCUT2D eigenvalue weighted by atomic mass is 9.99. The SMILES string of the molecule is Cc1cc(C)c(C(=O)CSc2nc(-c3ccccc3)cc(-c3ccc([N+](=O)[O-])cc3)c2C#N)cc1C. The topological polar surface area (TPSA) is 96.9 Å². The molecule has 1 heterocycles. The molecule has 0 spiro atoms. The quantitative estimate of drug-likeness (QED) is 0.118. The molecule has 0 N–H and O–H groups in total. The predicted molar refractivity (Wildman–Crippen MR) is 142 cm³/mol. The summed E-state index contributed by atoms with van der Waals surface area (Å²) >= 11 is 1.23. The normalized spacial score (nSPS) is 10.6. The molecule has 4 rings (SSSR count).